The molecule has 2 N–H and O–H groups in total. The molecule has 6 nitrogen and oxygen atoms in total. The Morgan fingerprint density at radius 2 is 1.90 bits per heavy atom. The molecule has 154 valence electrons. The van der Waals surface area contributed by atoms with Gasteiger partial charge >= 0.3 is 0 Å². The van der Waals surface area contributed by atoms with Crippen molar-refractivity contribution < 1.29 is 9.63 Å². The van der Waals surface area contributed by atoms with Crippen LogP contribution in [0.25, 0.3) is 21.8 Å². The second-order valence-corrected chi connectivity index (χ2v) is 7.53. The number of para-hydroxylation sites is 1. The standard InChI is InChI=1S/C23H30N4O2/c1-16-10-11-19-22(25-29-15-12-21(28)26(3)4)18-8-5-6-9-20(18)27(14-7-13-24)23(19)17(16)2/h5-6,8-11H,7,12-15,24H2,1-4H3/b25-22+. The molecule has 0 aliphatic carbocycles. The van der Waals surface area contributed by atoms with Gasteiger partial charge in [-0.25, -0.2) is 0 Å². The van der Waals surface area contributed by atoms with Crippen molar-refractivity contribution in [3.63, 3.8) is 0 Å². The minimum Gasteiger partial charge on any atom is -0.395 e. The van der Waals surface area contributed by atoms with Crippen LogP contribution in [0.3, 0.4) is 0 Å². The Bertz CT molecular complexity index is 1100. The average Bonchev–Trinajstić information content (AvgIpc) is 2.72. The molecule has 6 heteroatoms. The molecule has 0 fully saturated rings. The number of aryl methyl sites for hydroxylation is 3. The summed E-state index contributed by atoms with van der Waals surface area (Å²) in [5.41, 5.74) is 10.5. The van der Waals surface area contributed by atoms with Crippen molar-refractivity contribution >= 4 is 27.7 Å². The lowest BCUT2D eigenvalue weighted by Gasteiger charge is -2.18. The normalized spacial score (nSPS) is 12.0. The van der Waals surface area contributed by atoms with Gasteiger partial charge in [-0.3, -0.25) is 4.79 Å². The van der Waals surface area contributed by atoms with E-state index in [0.717, 1.165) is 40.1 Å². The van der Waals surface area contributed by atoms with Crippen LogP contribution in [0.4, 0.5) is 0 Å². The van der Waals surface area contributed by atoms with Gasteiger partial charge in [0.2, 0.25) is 5.91 Å². The van der Waals surface area contributed by atoms with Crippen LogP contribution in [0.5, 0.6) is 0 Å². The largest absolute Gasteiger partial charge is 0.395 e. The van der Waals surface area contributed by atoms with Crippen molar-refractivity contribution in [2.24, 2.45) is 10.9 Å². The van der Waals surface area contributed by atoms with Crippen LogP contribution < -0.4 is 11.1 Å². The third-order valence-corrected chi connectivity index (χ3v) is 5.32. The number of rotatable bonds is 7. The van der Waals surface area contributed by atoms with Crippen molar-refractivity contribution in [3.05, 3.63) is 52.9 Å². The molecule has 0 atom stereocenters. The Kier molecular flexibility index (Phi) is 6.54. The van der Waals surface area contributed by atoms with Gasteiger partial charge in [0, 0.05) is 31.4 Å². The number of fused-ring (bicyclic) bond motifs is 2. The first-order valence-corrected chi connectivity index (χ1v) is 10.0. The number of benzene rings is 2. The number of hydrogen-bond acceptors (Lipinski definition) is 4. The molecule has 0 aliphatic heterocycles. The number of nitrogens with zero attached hydrogens (tertiary/aromatic N) is 3. The van der Waals surface area contributed by atoms with Crippen molar-refractivity contribution in [2.45, 2.75) is 33.2 Å². The van der Waals surface area contributed by atoms with Crippen LogP contribution in [0.1, 0.15) is 24.0 Å². The van der Waals surface area contributed by atoms with Crippen LogP contribution in [0.15, 0.2) is 41.6 Å². The van der Waals surface area contributed by atoms with Gasteiger partial charge in [-0.15, -0.1) is 0 Å². The zero-order valence-electron chi connectivity index (χ0n) is 17.7. The molecule has 1 aromatic heterocycles. The molecule has 0 aliphatic rings. The van der Waals surface area contributed by atoms with E-state index in [1.807, 2.05) is 12.1 Å². The number of nitrogens with two attached hydrogens (primary N) is 1. The monoisotopic (exact) mass is 394 g/mol. The molecule has 0 unspecified atom stereocenters. The maximum absolute atomic E-state index is 11.8. The zero-order valence-corrected chi connectivity index (χ0v) is 17.7. The summed E-state index contributed by atoms with van der Waals surface area (Å²) in [6.07, 6.45) is 1.20. The Morgan fingerprint density at radius 1 is 1.14 bits per heavy atom. The van der Waals surface area contributed by atoms with E-state index in [9.17, 15) is 4.79 Å². The summed E-state index contributed by atoms with van der Waals surface area (Å²) < 4.78 is 2.34. The lowest BCUT2D eigenvalue weighted by Crippen LogP contribution is -2.22. The topological polar surface area (TPSA) is 72.8 Å². The maximum Gasteiger partial charge on any atom is 0.225 e. The predicted octanol–water partition coefficient (Wildman–Crippen LogP) is 3.07. The Balaban J connectivity index is 2.19. The molecule has 3 aromatic rings. The number of amides is 1. The zero-order chi connectivity index (χ0) is 21.0. The van der Waals surface area contributed by atoms with Crippen molar-refractivity contribution in [1.29, 1.82) is 0 Å². The quantitative estimate of drug-likeness (QED) is 0.380. The molecular weight excluding hydrogens is 364 g/mol. The molecule has 2 aromatic carbocycles. The van der Waals surface area contributed by atoms with E-state index in [-0.39, 0.29) is 12.5 Å². The average molecular weight is 395 g/mol. The van der Waals surface area contributed by atoms with E-state index in [2.05, 4.69) is 47.8 Å². The molecular formula is C23H30N4O2. The molecule has 0 radical (unpaired) electrons. The minimum absolute atomic E-state index is 0.0223. The molecule has 1 heterocycles. The number of carbonyl (C=O) groups is 1. The highest BCUT2D eigenvalue weighted by molar-refractivity contribution is 5.95. The lowest BCUT2D eigenvalue weighted by atomic mass is 10.0. The van der Waals surface area contributed by atoms with Crippen molar-refractivity contribution in [3.8, 4) is 0 Å². The number of aromatic nitrogens is 1. The van der Waals surface area contributed by atoms with E-state index < -0.39 is 0 Å². The fourth-order valence-electron chi connectivity index (χ4n) is 3.56. The second-order valence-electron chi connectivity index (χ2n) is 7.53. The summed E-state index contributed by atoms with van der Waals surface area (Å²) in [6, 6.07) is 12.5. The van der Waals surface area contributed by atoms with Crippen LogP contribution in [-0.4, -0.2) is 42.6 Å². The van der Waals surface area contributed by atoms with Gasteiger partial charge in [-0.2, -0.15) is 0 Å². The second kappa shape index (κ2) is 9.09. The van der Waals surface area contributed by atoms with Gasteiger partial charge < -0.3 is 20.0 Å². The molecule has 0 bridgehead atoms. The number of pyridine rings is 1. The van der Waals surface area contributed by atoms with Gasteiger partial charge in [0.05, 0.1) is 17.5 Å². The van der Waals surface area contributed by atoms with Gasteiger partial charge in [0.25, 0.3) is 0 Å². The first-order chi connectivity index (χ1) is 14.0. The van der Waals surface area contributed by atoms with Crippen LogP contribution in [-0.2, 0) is 16.2 Å². The SMILES string of the molecule is Cc1ccc2/c(=N/OCCC(=O)N(C)C)c3ccccc3n(CCCN)c2c1C. The first kappa shape index (κ1) is 20.9. The third-order valence-electron chi connectivity index (χ3n) is 5.32. The third kappa shape index (κ3) is 4.27. The highest BCUT2D eigenvalue weighted by Gasteiger charge is 2.13. The molecule has 0 saturated carbocycles. The summed E-state index contributed by atoms with van der Waals surface area (Å²) in [7, 11) is 3.48. The van der Waals surface area contributed by atoms with Crippen LogP contribution >= 0.6 is 0 Å². The smallest absolute Gasteiger partial charge is 0.225 e. The van der Waals surface area contributed by atoms with Crippen molar-refractivity contribution in [1.82, 2.24) is 9.47 Å². The molecule has 29 heavy (non-hydrogen) atoms. The van der Waals surface area contributed by atoms with Crippen LogP contribution in [0.2, 0.25) is 0 Å². The van der Waals surface area contributed by atoms with Gasteiger partial charge in [0.1, 0.15) is 12.0 Å². The molecule has 0 spiro atoms. The van der Waals surface area contributed by atoms with E-state index >= 15 is 0 Å². The van der Waals surface area contributed by atoms with E-state index in [1.54, 1.807) is 19.0 Å². The fourth-order valence-corrected chi connectivity index (χ4v) is 3.56. The van der Waals surface area contributed by atoms with Crippen LogP contribution in [0, 0.1) is 13.8 Å². The Hall–Kier alpha value is -2.86. The fraction of sp³-hybridized carbons (Fsp3) is 0.391. The highest BCUT2D eigenvalue weighted by atomic mass is 16.6. The molecule has 1 amide bonds. The van der Waals surface area contributed by atoms with E-state index in [4.69, 9.17) is 10.6 Å². The molecule has 3 rings (SSSR count). The van der Waals surface area contributed by atoms with Crippen molar-refractivity contribution in [2.75, 3.05) is 27.2 Å². The van der Waals surface area contributed by atoms with E-state index in [1.165, 1.54) is 11.1 Å². The minimum atomic E-state index is 0.0223. The van der Waals surface area contributed by atoms with Gasteiger partial charge in [-0.1, -0.05) is 35.5 Å². The molecule has 0 saturated heterocycles. The van der Waals surface area contributed by atoms with Gasteiger partial charge in [0.15, 0.2) is 0 Å². The van der Waals surface area contributed by atoms with Gasteiger partial charge in [-0.05, 0) is 44.0 Å². The maximum atomic E-state index is 11.8. The lowest BCUT2D eigenvalue weighted by molar-refractivity contribution is -0.129. The summed E-state index contributed by atoms with van der Waals surface area (Å²) in [4.78, 5) is 19.0. The summed E-state index contributed by atoms with van der Waals surface area (Å²) in [5, 5.41) is 7.35. The number of hydrogen-bond donors (Lipinski definition) is 1. The summed E-state index contributed by atoms with van der Waals surface area (Å²) >= 11 is 0. The van der Waals surface area contributed by atoms with E-state index in [0.29, 0.717) is 13.0 Å². The number of carbonyl (C=O) groups excluding carboxylic acids is 1. The Labute approximate surface area is 171 Å². The summed E-state index contributed by atoms with van der Waals surface area (Å²) in [6.45, 7) is 6.00. The summed E-state index contributed by atoms with van der Waals surface area (Å²) in [5.74, 6) is 0.0223. The first-order valence-electron chi connectivity index (χ1n) is 10.0. The Morgan fingerprint density at radius 3 is 2.62 bits per heavy atom. The predicted molar refractivity (Wildman–Crippen MR) is 117 cm³/mol. The highest BCUT2D eigenvalue weighted by Crippen LogP contribution is 2.24.